The summed E-state index contributed by atoms with van der Waals surface area (Å²) in [7, 11) is 0. The van der Waals surface area contributed by atoms with Gasteiger partial charge in [0, 0.05) is 11.8 Å². The first kappa shape index (κ1) is 10.4. The first-order valence-corrected chi connectivity index (χ1v) is 4.88. The van der Waals surface area contributed by atoms with Gasteiger partial charge in [-0.25, -0.2) is 0 Å². The zero-order valence-electron chi connectivity index (χ0n) is 8.29. The van der Waals surface area contributed by atoms with Crippen LogP contribution in [-0.4, -0.2) is 18.0 Å². The van der Waals surface area contributed by atoms with Gasteiger partial charge in [0.25, 0.3) is 0 Å². The van der Waals surface area contributed by atoms with Gasteiger partial charge < -0.3 is 9.47 Å². The van der Waals surface area contributed by atoms with E-state index in [9.17, 15) is 0 Å². The molecule has 4 atom stereocenters. The largest absolute Gasteiger partial charge is 2.00 e. The summed E-state index contributed by atoms with van der Waals surface area (Å²) in [4.78, 5) is 0. The SMILES string of the molecule is CC1(C)OC2C3C=CC=CC3C2O1.[Fe+2]. The van der Waals surface area contributed by atoms with E-state index in [0.717, 1.165) is 0 Å². The summed E-state index contributed by atoms with van der Waals surface area (Å²) in [6, 6.07) is 0. The molecule has 0 aromatic heterocycles. The van der Waals surface area contributed by atoms with E-state index in [1.54, 1.807) is 0 Å². The molecule has 2 nitrogen and oxygen atoms in total. The van der Waals surface area contributed by atoms with Gasteiger partial charge in [-0.3, -0.25) is 0 Å². The summed E-state index contributed by atoms with van der Waals surface area (Å²) in [6.45, 7) is 3.98. The van der Waals surface area contributed by atoms with Crippen LogP contribution in [0.2, 0.25) is 0 Å². The van der Waals surface area contributed by atoms with Gasteiger partial charge in [-0.15, -0.1) is 0 Å². The molecule has 0 N–H and O–H groups in total. The van der Waals surface area contributed by atoms with Crippen molar-refractivity contribution < 1.29 is 26.5 Å². The molecule has 3 aliphatic rings. The van der Waals surface area contributed by atoms with Crippen molar-refractivity contribution >= 4 is 0 Å². The number of allylic oxidation sites excluding steroid dienone is 2. The number of hydrogen-bond donors (Lipinski definition) is 0. The predicted molar refractivity (Wildman–Crippen MR) is 49.1 cm³/mol. The van der Waals surface area contributed by atoms with Gasteiger partial charge in [0.2, 0.25) is 0 Å². The number of rotatable bonds is 0. The molecule has 1 saturated heterocycles. The molecule has 2 aliphatic carbocycles. The quantitative estimate of drug-likeness (QED) is 0.596. The average Bonchev–Trinajstić information content (AvgIpc) is 2.37. The minimum absolute atomic E-state index is 0. The van der Waals surface area contributed by atoms with E-state index in [1.165, 1.54) is 0 Å². The Morgan fingerprint density at radius 1 is 0.929 bits per heavy atom. The van der Waals surface area contributed by atoms with Crippen LogP contribution in [0.3, 0.4) is 0 Å². The minimum Gasteiger partial charge on any atom is -0.344 e. The smallest absolute Gasteiger partial charge is 0.344 e. The van der Waals surface area contributed by atoms with Crippen molar-refractivity contribution in [1.82, 2.24) is 0 Å². The molecule has 0 aromatic rings. The topological polar surface area (TPSA) is 18.5 Å². The zero-order valence-corrected chi connectivity index (χ0v) is 9.39. The summed E-state index contributed by atoms with van der Waals surface area (Å²) in [5, 5.41) is 0. The van der Waals surface area contributed by atoms with Crippen LogP contribution >= 0.6 is 0 Å². The van der Waals surface area contributed by atoms with Gasteiger partial charge in [-0.05, 0) is 13.8 Å². The van der Waals surface area contributed by atoms with E-state index < -0.39 is 0 Å². The van der Waals surface area contributed by atoms with Crippen molar-refractivity contribution in [2.75, 3.05) is 0 Å². The van der Waals surface area contributed by atoms with Gasteiger partial charge in [0.1, 0.15) is 0 Å². The Bertz CT molecular complexity index is 268. The molecular weight excluding hydrogens is 220 g/mol. The third-order valence-corrected chi connectivity index (χ3v) is 3.14. The van der Waals surface area contributed by atoms with Gasteiger partial charge in [-0.1, -0.05) is 24.3 Å². The summed E-state index contributed by atoms with van der Waals surface area (Å²) >= 11 is 0. The maximum atomic E-state index is 5.81. The van der Waals surface area contributed by atoms with Crippen LogP contribution in [-0.2, 0) is 26.5 Å². The first-order valence-electron chi connectivity index (χ1n) is 4.88. The molecule has 0 spiro atoms. The Labute approximate surface area is 94.8 Å². The molecule has 0 amide bonds. The molecule has 4 unspecified atom stereocenters. The molecule has 76 valence electrons. The summed E-state index contributed by atoms with van der Waals surface area (Å²) < 4.78 is 11.6. The van der Waals surface area contributed by atoms with Crippen LogP contribution in [0.4, 0.5) is 0 Å². The minimum atomic E-state index is -0.381. The maximum absolute atomic E-state index is 5.81. The fourth-order valence-corrected chi connectivity index (χ4v) is 2.57. The van der Waals surface area contributed by atoms with Gasteiger partial charge >= 0.3 is 17.1 Å². The fourth-order valence-electron chi connectivity index (χ4n) is 2.57. The first-order chi connectivity index (χ1) is 6.17. The van der Waals surface area contributed by atoms with Crippen molar-refractivity contribution in [3.63, 3.8) is 0 Å². The third-order valence-electron chi connectivity index (χ3n) is 3.14. The van der Waals surface area contributed by atoms with E-state index in [-0.39, 0.29) is 22.9 Å². The van der Waals surface area contributed by atoms with E-state index in [0.29, 0.717) is 24.0 Å². The van der Waals surface area contributed by atoms with Crippen LogP contribution < -0.4 is 0 Å². The number of ether oxygens (including phenoxy) is 2. The Hall–Kier alpha value is -0.0805. The molecule has 0 radical (unpaired) electrons. The van der Waals surface area contributed by atoms with Gasteiger partial charge in [0.15, 0.2) is 5.79 Å². The monoisotopic (exact) mass is 234 g/mol. The van der Waals surface area contributed by atoms with Crippen molar-refractivity contribution in [3.8, 4) is 0 Å². The Morgan fingerprint density at radius 2 is 1.36 bits per heavy atom. The van der Waals surface area contributed by atoms with E-state index in [1.807, 2.05) is 13.8 Å². The molecule has 1 aliphatic heterocycles. The molecule has 3 heteroatoms. The molecule has 0 aromatic carbocycles. The van der Waals surface area contributed by atoms with Crippen molar-refractivity contribution in [1.29, 1.82) is 0 Å². The molecule has 0 bridgehead atoms. The summed E-state index contributed by atoms with van der Waals surface area (Å²) in [5.41, 5.74) is 0. The third kappa shape index (κ3) is 1.31. The number of fused-ring (bicyclic) bond motifs is 4. The molecular formula is C11H14FeO2+2. The van der Waals surface area contributed by atoms with E-state index >= 15 is 0 Å². The van der Waals surface area contributed by atoms with Crippen molar-refractivity contribution in [2.24, 2.45) is 11.8 Å². The van der Waals surface area contributed by atoms with Crippen molar-refractivity contribution in [3.05, 3.63) is 24.3 Å². The second-order valence-corrected chi connectivity index (χ2v) is 4.49. The van der Waals surface area contributed by atoms with Crippen LogP contribution in [0.1, 0.15) is 13.8 Å². The molecule has 14 heavy (non-hydrogen) atoms. The maximum Gasteiger partial charge on any atom is 2.00 e. The Morgan fingerprint density at radius 3 is 1.79 bits per heavy atom. The van der Waals surface area contributed by atoms with Gasteiger partial charge in [0.05, 0.1) is 12.2 Å². The normalized spacial score (nSPS) is 46.1. The van der Waals surface area contributed by atoms with Crippen LogP contribution in [0.5, 0.6) is 0 Å². The molecule has 1 saturated carbocycles. The fraction of sp³-hybridized carbons (Fsp3) is 0.636. The second kappa shape index (κ2) is 3.21. The zero-order chi connectivity index (χ0) is 9.05. The van der Waals surface area contributed by atoms with E-state index in [4.69, 9.17) is 9.47 Å². The van der Waals surface area contributed by atoms with E-state index in [2.05, 4.69) is 24.3 Å². The molecule has 3 rings (SSSR count). The van der Waals surface area contributed by atoms with Crippen LogP contribution in [0.15, 0.2) is 24.3 Å². The average molecular weight is 234 g/mol. The standard InChI is InChI=1S/C11H14O2.Fe/c1-11(2)12-9-7-5-3-4-6-8(7)10(9)13-11;/h3-10H,1-2H3;/q;+2. The van der Waals surface area contributed by atoms with Gasteiger partial charge in [-0.2, -0.15) is 0 Å². The van der Waals surface area contributed by atoms with Crippen LogP contribution in [0.25, 0.3) is 0 Å². The molecule has 1 heterocycles. The second-order valence-electron chi connectivity index (χ2n) is 4.49. The Kier molecular flexibility index (Phi) is 2.39. The van der Waals surface area contributed by atoms with Crippen molar-refractivity contribution in [2.45, 2.75) is 31.8 Å². The van der Waals surface area contributed by atoms with Crippen LogP contribution in [0, 0.1) is 11.8 Å². The Balaban J connectivity index is 0.000000750. The summed E-state index contributed by atoms with van der Waals surface area (Å²) in [6.07, 6.45) is 9.26. The summed E-state index contributed by atoms with van der Waals surface area (Å²) in [5.74, 6) is 0.725. The predicted octanol–water partition coefficient (Wildman–Crippen LogP) is 1.88. The molecule has 2 fully saturated rings. The number of hydrogen-bond acceptors (Lipinski definition) is 2.